The topological polar surface area (TPSA) is 61.8 Å². The molecule has 8 heteroatoms. The first-order valence-electron chi connectivity index (χ1n) is 7.75. The zero-order valence-electron chi connectivity index (χ0n) is 13.3. The molecular weight excluding hydrogens is 325 g/mol. The second-order valence-electron chi connectivity index (χ2n) is 6.04. The van der Waals surface area contributed by atoms with Gasteiger partial charge in [-0.3, -0.25) is 9.69 Å². The number of β-amino-alcohol motifs (C(OH)–C–C–N with tert-alkyl or cyclic N) is 1. The quantitative estimate of drug-likeness (QED) is 0.855. The fourth-order valence-electron chi connectivity index (χ4n) is 2.53. The van der Waals surface area contributed by atoms with Crippen molar-refractivity contribution in [1.82, 2.24) is 10.2 Å². The van der Waals surface area contributed by atoms with Gasteiger partial charge in [0, 0.05) is 13.1 Å². The first kappa shape index (κ1) is 18.5. The summed E-state index contributed by atoms with van der Waals surface area (Å²) < 4.78 is 40.0. The molecule has 24 heavy (non-hydrogen) atoms. The molecule has 0 aliphatic carbocycles. The number of nitrogens with zero attached hydrogens (tertiary/aromatic N) is 1. The molecular formula is C16H21F3N2O3. The minimum atomic E-state index is -4.72. The number of hydrogen-bond donors (Lipinski definition) is 2. The lowest BCUT2D eigenvalue weighted by Crippen LogP contribution is -2.46. The van der Waals surface area contributed by atoms with Crippen molar-refractivity contribution in [1.29, 1.82) is 0 Å². The van der Waals surface area contributed by atoms with Crippen molar-refractivity contribution in [3.05, 3.63) is 29.8 Å². The Labute approximate surface area is 138 Å². The fourth-order valence-corrected chi connectivity index (χ4v) is 2.53. The maximum atomic E-state index is 12.1. The molecule has 0 radical (unpaired) electrons. The number of likely N-dealkylation sites (tertiary alicyclic amines) is 1. The maximum absolute atomic E-state index is 12.1. The maximum Gasteiger partial charge on any atom is 0.573 e. The van der Waals surface area contributed by atoms with Crippen molar-refractivity contribution in [2.24, 2.45) is 5.92 Å². The van der Waals surface area contributed by atoms with Crippen LogP contribution in [0.4, 0.5) is 13.2 Å². The van der Waals surface area contributed by atoms with Crippen molar-refractivity contribution < 1.29 is 27.8 Å². The van der Waals surface area contributed by atoms with Crippen LogP contribution in [0, 0.1) is 5.92 Å². The first-order valence-corrected chi connectivity index (χ1v) is 7.75. The minimum absolute atomic E-state index is 0.188. The molecule has 1 aliphatic rings. The summed E-state index contributed by atoms with van der Waals surface area (Å²) in [4.78, 5) is 13.8. The summed E-state index contributed by atoms with van der Waals surface area (Å²) in [5.74, 6) is -0.247. The Morgan fingerprint density at radius 1 is 1.38 bits per heavy atom. The smallest absolute Gasteiger partial charge is 0.406 e. The molecule has 2 N–H and O–H groups in total. The average Bonchev–Trinajstić information content (AvgIpc) is 2.49. The third-order valence-corrected chi connectivity index (χ3v) is 4.02. The highest BCUT2D eigenvalue weighted by Crippen LogP contribution is 2.22. The van der Waals surface area contributed by atoms with Gasteiger partial charge in [-0.05, 0) is 36.6 Å². The van der Waals surface area contributed by atoms with Crippen molar-refractivity contribution in [3.63, 3.8) is 0 Å². The van der Waals surface area contributed by atoms with E-state index in [2.05, 4.69) is 10.1 Å². The molecule has 1 aromatic carbocycles. The highest BCUT2D eigenvalue weighted by Gasteiger charge is 2.31. The van der Waals surface area contributed by atoms with E-state index in [1.54, 1.807) is 0 Å². The number of nitrogens with one attached hydrogen (secondary N) is 1. The zero-order chi connectivity index (χ0) is 17.7. The summed E-state index contributed by atoms with van der Waals surface area (Å²) in [5, 5.41) is 12.5. The van der Waals surface area contributed by atoms with Gasteiger partial charge in [-0.1, -0.05) is 19.1 Å². The first-order chi connectivity index (χ1) is 11.2. The van der Waals surface area contributed by atoms with Crippen LogP contribution in [0.5, 0.6) is 5.75 Å². The largest absolute Gasteiger partial charge is 0.573 e. The van der Waals surface area contributed by atoms with Crippen LogP contribution < -0.4 is 10.1 Å². The molecule has 134 valence electrons. The summed E-state index contributed by atoms with van der Waals surface area (Å²) in [5.41, 5.74) is 0.671. The highest BCUT2D eigenvalue weighted by atomic mass is 19.4. The van der Waals surface area contributed by atoms with Crippen molar-refractivity contribution in [2.75, 3.05) is 19.6 Å². The lowest BCUT2D eigenvalue weighted by molar-refractivity contribution is -0.274. The molecule has 5 nitrogen and oxygen atoms in total. The third kappa shape index (κ3) is 6.01. The predicted molar refractivity (Wildman–Crippen MR) is 81.2 cm³/mol. The van der Waals surface area contributed by atoms with Crippen LogP contribution in [0.1, 0.15) is 18.9 Å². The lowest BCUT2D eigenvalue weighted by Gasteiger charge is -2.33. The van der Waals surface area contributed by atoms with E-state index in [0.717, 1.165) is 13.0 Å². The standard InChI is InChI=1S/C16H21F3N2O3/c1-11-6-7-21(9-14(11)22)10-15(23)20-8-12-2-4-13(5-3-12)24-16(17,18)19/h2-5,11,14,22H,6-10H2,1H3,(H,20,23). The van der Waals surface area contributed by atoms with Gasteiger partial charge in [0.1, 0.15) is 5.75 Å². The molecule has 1 fully saturated rings. The molecule has 1 aliphatic heterocycles. The Morgan fingerprint density at radius 3 is 2.62 bits per heavy atom. The minimum Gasteiger partial charge on any atom is -0.406 e. The van der Waals surface area contributed by atoms with Gasteiger partial charge >= 0.3 is 6.36 Å². The van der Waals surface area contributed by atoms with Crippen LogP contribution in [0.2, 0.25) is 0 Å². The number of aliphatic hydroxyl groups excluding tert-OH is 1. The summed E-state index contributed by atoms with van der Waals surface area (Å²) in [6.07, 6.45) is -4.30. The molecule has 1 heterocycles. The van der Waals surface area contributed by atoms with Crippen LogP contribution in [0.3, 0.4) is 0 Å². The number of carbonyl (C=O) groups is 1. The molecule has 0 spiro atoms. The molecule has 2 rings (SSSR count). The van der Waals surface area contributed by atoms with E-state index in [0.29, 0.717) is 12.1 Å². The number of piperidine rings is 1. The van der Waals surface area contributed by atoms with Crippen LogP contribution in [-0.2, 0) is 11.3 Å². The molecule has 0 saturated carbocycles. The predicted octanol–water partition coefficient (Wildman–Crippen LogP) is 1.90. The van der Waals surface area contributed by atoms with Gasteiger partial charge in [0.05, 0.1) is 12.6 Å². The average molecular weight is 346 g/mol. The molecule has 1 saturated heterocycles. The Hall–Kier alpha value is -1.80. The number of ether oxygens (including phenoxy) is 1. The number of rotatable bonds is 5. The summed E-state index contributed by atoms with van der Waals surface area (Å²) in [7, 11) is 0. The Bertz CT molecular complexity index is 548. The second kappa shape index (κ2) is 7.85. The van der Waals surface area contributed by atoms with E-state index in [9.17, 15) is 23.1 Å². The Morgan fingerprint density at radius 2 is 2.04 bits per heavy atom. The molecule has 1 amide bonds. The molecule has 1 aromatic rings. The fraction of sp³-hybridized carbons (Fsp3) is 0.562. The van der Waals surface area contributed by atoms with Crippen LogP contribution in [-0.4, -0.2) is 48.0 Å². The van der Waals surface area contributed by atoms with Gasteiger partial charge in [0.15, 0.2) is 0 Å². The number of hydrogen-bond acceptors (Lipinski definition) is 4. The third-order valence-electron chi connectivity index (χ3n) is 4.02. The van der Waals surface area contributed by atoms with E-state index < -0.39 is 12.5 Å². The normalized spacial score (nSPS) is 22.2. The molecule has 2 unspecified atom stereocenters. The number of alkyl halides is 3. The molecule has 0 aromatic heterocycles. The van der Waals surface area contributed by atoms with Crippen molar-refractivity contribution >= 4 is 5.91 Å². The molecule has 2 atom stereocenters. The monoisotopic (exact) mass is 346 g/mol. The van der Waals surface area contributed by atoms with Crippen molar-refractivity contribution in [2.45, 2.75) is 32.4 Å². The van der Waals surface area contributed by atoms with E-state index in [-0.39, 0.29) is 30.7 Å². The second-order valence-corrected chi connectivity index (χ2v) is 6.04. The number of aliphatic hydroxyl groups is 1. The number of amides is 1. The van der Waals surface area contributed by atoms with Gasteiger partial charge in [-0.15, -0.1) is 13.2 Å². The van der Waals surface area contributed by atoms with Gasteiger partial charge in [-0.2, -0.15) is 0 Å². The van der Waals surface area contributed by atoms with Gasteiger partial charge in [-0.25, -0.2) is 0 Å². The van der Waals surface area contributed by atoms with Crippen LogP contribution in [0.25, 0.3) is 0 Å². The van der Waals surface area contributed by atoms with Crippen LogP contribution >= 0.6 is 0 Å². The van der Waals surface area contributed by atoms with Crippen LogP contribution in [0.15, 0.2) is 24.3 Å². The van der Waals surface area contributed by atoms with Crippen molar-refractivity contribution in [3.8, 4) is 5.75 Å². The Kier molecular flexibility index (Phi) is 6.06. The Balaban J connectivity index is 1.75. The lowest BCUT2D eigenvalue weighted by atomic mass is 9.96. The van der Waals surface area contributed by atoms with E-state index in [1.165, 1.54) is 24.3 Å². The van der Waals surface area contributed by atoms with Gasteiger partial charge in [0.25, 0.3) is 0 Å². The summed E-state index contributed by atoms with van der Waals surface area (Å²) >= 11 is 0. The highest BCUT2D eigenvalue weighted by molar-refractivity contribution is 5.78. The van der Waals surface area contributed by atoms with E-state index >= 15 is 0 Å². The summed E-state index contributed by atoms with van der Waals surface area (Å²) in [6, 6.07) is 5.34. The SMILES string of the molecule is CC1CCN(CC(=O)NCc2ccc(OC(F)(F)F)cc2)CC1O. The van der Waals surface area contributed by atoms with Gasteiger partial charge < -0.3 is 15.2 Å². The van der Waals surface area contributed by atoms with E-state index in [4.69, 9.17) is 0 Å². The van der Waals surface area contributed by atoms with Gasteiger partial charge in [0.2, 0.25) is 5.91 Å². The number of benzene rings is 1. The van der Waals surface area contributed by atoms with E-state index in [1.807, 2.05) is 11.8 Å². The number of halogens is 3. The summed E-state index contributed by atoms with van der Waals surface area (Å²) in [6.45, 7) is 3.62. The number of carbonyl (C=O) groups excluding carboxylic acids is 1. The zero-order valence-corrected chi connectivity index (χ0v) is 13.3. The molecule has 0 bridgehead atoms.